The van der Waals surface area contributed by atoms with E-state index in [0.29, 0.717) is 0 Å². The summed E-state index contributed by atoms with van der Waals surface area (Å²) in [6, 6.07) is 1.90. The standard InChI is InChI=1S/C16H20BF3O4/c1-15(2)16(3,4)24-17(23-15)10(8-12(21)22-5)9-6-7-11(18)14(20)13(9)19/h6-7,10H,8H2,1-5H3. The molecule has 0 amide bonds. The fraction of sp³-hybridized carbons (Fsp3) is 0.562. The molecule has 4 nitrogen and oxygen atoms in total. The predicted molar refractivity (Wildman–Crippen MR) is 81.8 cm³/mol. The molecular formula is C16H20BF3O4. The SMILES string of the molecule is COC(=O)CC(B1OC(C)(C)C(C)(C)O1)c1ccc(F)c(F)c1F. The Morgan fingerprint density at radius 1 is 1.12 bits per heavy atom. The Morgan fingerprint density at radius 3 is 2.17 bits per heavy atom. The Morgan fingerprint density at radius 2 is 1.67 bits per heavy atom. The molecule has 0 bridgehead atoms. The van der Waals surface area contributed by atoms with Crippen molar-refractivity contribution in [2.24, 2.45) is 0 Å². The van der Waals surface area contributed by atoms with E-state index in [1.807, 2.05) is 0 Å². The molecule has 0 radical (unpaired) electrons. The van der Waals surface area contributed by atoms with Gasteiger partial charge in [0.05, 0.1) is 24.7 Å². The van der Waals surface area contributed by atoms with E-state index >= 15 is 0 Å². The number of hydrogen-bond acceptors (Lipinski definition) is 4. The average molecular weight is 344 g/mol. The first-order valence-electron chi connectivity index (χ1n) is 7.56. The summed E-state index contributed by atoms with van der Waals surface area (Å²) in [6.45, 7) is 7.18. The van der Waals surface area contributed by atoms with E-state index in [2.05, 4.69) is 4.74 Å². The Labute approximate surface area is 139 Å². The van der Waals surface area contributed by atoms with Crippen LogP contribution in [0.15, 0.2) is 12.1 Å². The minimum atomic E-state index is -1.60. The molecule has 0 spiro atoms. The van der Waals surface area contributed by atoms with Crippen LogP contribution in [0.25, 0.3) is 0 Å². The third-order valence-electron chi connectivity index (χ3n) is 4.68. The molecule has 0 aromatic heterocycles. The van der Waals surface area contributed by atoms with Gasteiger partial charge in [0.1, 0.15) is 0 Å². The summed E-state index contributed by atoms with van der Waals surface area (Å²) in [5.74, 6) is -5.88. The van der Waals surface area contributed by atoms with Crippen LogP contribution in [0.5, 0.6) is 0 Å². The van der Waals surface area contributed by atoms with Crippen molar-refractivity contribution in [2.75, 3.05) is 7.11 Å². The van der Waals surface area contributed by atoms with Crippen molar-refractivity contribution in [2.45, 2.75) is 51.1 Å². The normalized spacial score (nSPS) is 20.1. The van der Waals surface area contributed by atoms with Crippen LogP contribution in [0, 0.1) is 17.5 Å². The summed E-state index contributed by atoms with van der Waals surface area (Å²) in [5, 5.41) is 0. The number of benzene rings is 1. The number of esters is 1. The molecule has 1 atom stereocenters. The van der Waals surface area contributed by atoms with Gasteiger partial charge in [-0.2, -0.15) is 0 Å². The summed E-state index contributed by atoms with van der Waals surface area (Å²) in [6.07, 6.45) is -0.296. The quantitative estimate of drug-likeness (QED) is 0.477. The van der Waals surface area contributed by atoms with Crippen molar-refractivity contribution in [3.63, 3.8) is 0 Å². The first kappa shape index (κ1) is 18.8. The molecule has 1 heterocycles. The minimum absolute atomic E-state index is 0.196. The first-order chi connectivity index (χ1) is 11.0. The summed E-state index contributed by atoms with van der Waals surface area (Å²) in [5.41, 5.74) is -1.64. The molecule has 1 aliphatic rings. The van der Waals surface area contributed by atoms with Crippen LogP contribution in [0.3, 0.4) is 0 Å². The molecule has 132 valence electrons. The van der Waals surface area contributed by atoms with Gasteiger partial charge in [0, 0.05) is 5.82 Å². The summed E-state index contributed by atoms with van der Waals surface area (Å²) in [4.78, 5) is 11.7. The Bertz CT molecular complexity index is 632. The second kappa shape index (κ2) is 6.40. The summed E-state index contributed by atoms with van der Waals surface area (Å²) in [7, 11) is 0.180. The first-order valence-corrected chi connectivity index (χ1v) is 7.56. The van der Waals surface area contributed by atoms with E-state index in [-0.39, 0.29) is 12.0 Å². The topological polar surface area (TPSA) is 44.8 Å². The number of carbonyl (C=O) groups is 1. The largest absolute Gasteiger partial charge is 0.469 e. The maximum Gasteiger partial charge on any atom is 0.466 e. The van der Waals surface area contributed by atoms with Crippen LogP contribution in [0.1, 0.15) is 45.5 Å². The highest BCUT2D eigenvalue weighted by molar-refractivity contribution is 6.48. The van der Waals surface area contributed by atoms with Crippen molar-refractivity contribution >= 4 is 13.1 Å². The van der Waals surface area contributed by atoms with Crippen molar-refractivity contribution in [1.29, 1.82) is 0 Å². The molecular weight excluding hydrogens is 324 g/mol. The van der Waals surface area contributed by atoms with Gasteiger partial charge in [0.15, 0.2) is 17.5 Å². The Balaban J connectivity index is 2.44. The van der Waals surface area contributed by atoms with E-state index in [0.717, 1.165) is 12.1 Å². The second-order valence-electron chi connectivity index (χ2n) is 6.78. The summed E-state index contributed by atoms with van der Waals surface area (Å²) < 4.78 is 57.3. The number of methoxy groups -OCH3 is 1. The highest BCUT2D eigenvalue weighted by atomic mass is 19.2. The third kappa shape index (κ3) is 3.30. The number of rotatable bonds is 4. The average Bonchev–Trinajstić information content (AvgIpc) is 2.71. The van der Waals surface area contributed by atoms with Crippen molar-refractivity contribution in [1.82, 2.24) is 0 Å². The fourth-order valence-electron chi connectivity index (χ4n) is 2.50. The van der Waals surface area contributed by atoms with Crippen LogP contribution in [0.4, 0.5) is 13.2 Å². The molecule has 1 aromatic carbocycles. The maximum absolute atomic E-state index is 14.2. The number of carbonyl (C=O) groups excluding carboxylic acids is 1. The molecule has 0 saturated carbocycles. The Hall–Kier alpha value is -1.54. The van der Waals surface area contributed by atoms with E-state index in [1.54, 1.807) is 27.7 Å². The minimum Gasteiger partial charge on any atom is -0.469 e. The lowest BCUT2D eigenvalue weighted by molar-refractivity contribution is -0.140. The monoisotopic (exact) mass is 344 g/mol. The van der Waals surface area contributed by atoms with E-state index in [4.69, 9.17) is 9.31 Å². The van der Waals surface area contributed by atoms with Crippen LogP contribution in [-0.2, 0) is 18.8 Å². The summed E-state index contributed by atoms with van der Waals surface area (Å²) >= 11 is 0. The highest BCUT2D eigenvalue weighted by Crippen LogP contribution is 2.42. The maximum atomic E-state index is 14.2. The zero-order chi connectivity index (χ0) is 18.3. The van der Waals surface area contributed by atoms with Crippen molar-refractivity contribution in [3.8, 4) is 0 Å². The van der Waals surface area contributed by atoms with Crippen LogP contribution < -0.4 is 0 Å². The zero-order valence-corrected chi connectivity index (χ0v) is 14.3. The lowest BCUT2D eigenvalue weighted by Gasteiger charge is -2.32. The van der Waals surface area contributed by atoms with Crippen LogP contribution in [0.2, 0.25) is 0 Å². The number of halogens is 3. The van der Waals surface area contributed by atoms with Gasteiger partial charge in [-0.3, -0.25) is 4.79 Å². The van der Waals surface area contributed by atoms with Gasteiger partial charge in [0.25, 0.3) is 0 Å². The van der Waals surface area contributed by atoms with Gasteiger partial charge in [-0.1, -0.05) is 6.07 Å². The predicted octanol–water partition coefficient (Wildman–Crippen LogP) is 3.38. The van der Waals surface area contributed by atoms with Gasteiger partial charge in [-0.25, -0.2) is 13.2 Å². The van der Waals surface area contributed by atoms with Gasteiger partial charge in [-0.15, -0.1) is 0 Å². The molecule has 8 heteroatoms. The molecule has 0 N–H and O–H groups in total. The van der Waals surface area contributed by atoms with Crippen molar-refractivity contribution in [3.05, 3.63) is 35.1 Å². The molecule has 1 aliphatic heterocycles. The molecule has 1 fully saturated rings. The van der Waals surface area contributed by atoms with Crippen LogP contribution >= 0.6 is 0 Å². The molecule has 24 heavy (non-hydrogen) atoms. The molecule has 1 aromatic rings. The van der Waals surface area contributed by atoms with E-state index in [9.17, 15) is 18.0 Å². The fourth-order valence-corrected chi connectivity index (χ4v) is 2.50. The van der Waals surface area contributed by atoms with Gasteiger partial charge >= 0.3 is 13.1 Å². The smallest absolute Gasteiger partial charge is 0.466 e. The van der Waals surface area contributed by atoms with Crippen LogP contribution in [-0.4, -0.2) is 31.4 Å². The lowest BCUT2D eigenvalue weighted by atomic mass is 9.66. The zero-order valence-electron chi connectivity index (χ0n) is 14.3. The molecule has 2 rings (SSSR count). The second-order valence-corrected chi connectivity index (χ2v) is 6.78. The molecule has 0 aliphatic carbocycles. The Kier molecular flexibility index (Phi) is 5.02. The number of hydrogen-bond donors (Lipinski definition) is 0. The molecule has 1 saturated heterocycles. The van der Waals surface area contributed by atoms with Gasteiger partial charge in [-0.05, 0) is 39.3 Å². The van der Waals surface area contributed by atoms with Gasteiger partial charge < -0.3 is 14.0 Å². The number of ether oxygens (including phenoxy) is 1. The van der Waals surface area contributed by atoms with E-state index < -0.39 is 47.6 Å². The third-order valence-corrected chi connectivity index (χ3v) is 4.68. The van der Waals surface area contributed by atoms with E-state index in [1.165, 1.54) is 7.11 Å². The lowest BCUT2D eigenvalue weighted by Crippen LogP contribution is -2.41. The highest BCUT2D eigenvalue weighted by Gasteiger charge is 2.54. The molecule has 1 unspecified atom stereocenters. The van der Waals surface area contributed by atoms with Crippen molar-refractivity contribution < 1.29 is 32.0 Å². The van der Waals surface area contributed by atoms with Gasteiger partial charge in [0.2, 0.25) is 0 Å².